The van der Waals surface area contributed by atoms with Gasteiger partial charge in [-0.3, -0.25) is 0 Å². The minimum atomic E-state index is -1.92. The van der Waals surface area contributed by atoms with E-state index in [1.165, 1.54) is 0 Å². The summed E-state index contributed by atoms with van der Waals surface area (Å²) in [6.45, 7) is 7.37. The van der Waals surface area contributed by atoms with Crippen LogP contribution in [0.3, 0.4) is 0 Å². The highest BCUT2D eigenvalue weighted by Gasteiger charge is 2.33. The second-order valence-electron chi connectivity index (χ2n) is 4.11. The van der Waals surface area contributed by atoms with E-state index in [4.69, 9.17) is 4.74 Å². The standard InChI is InChI=1S/C8H16F2O/c1-7(2,3)11-6(9)8(4,5)10/h6H,1-5H3. The third kappa shape index (κ3) is 5.13. The predicted molar refractivity (Wildman–Crippen MR) is 40.9 cm³/mol. The van der Waals surface area contributed by atoms with E-state index in [1.807, 2.05) is 0 Å². The summed E-state index contributed by atoms with van der Waals surface area (Å²) in [6.07, 6.45) is -1.86. The van der Waals surface area contributed by atoms with Crippen LogP contribution in [0.15, 0.2) is 0 Å². The molecule has 0 aliphatic rings. The average molecular weight is 166 g/mol. The minimum absolute atomic E-state index is 0.636. The van der Waals surface area contributed by atoms with Crippen molar-refractivity contribution in [2.24, 2.45) is 0 Å². The summed E-state index contributed by atoms with van der Waals surface area (Å²) in [6, 6.07) is 0. The lowest BCUT2D eigenvalue weighted by atomic mass is 10.1. The van der Waals surface area contributed by atoms with E-state index in [2.05, 4.69) is 0 Å². The lowest BCUT2D eigenvalue weighted by molar-refractivity contribution is -0.179. The van der Waals surface area contributed by atoms with Crippen LogP contribution in [-0.2, 0) is 4.74 Å². The number of alkyl halides is 2. The van der Waals surface area contributed by atoms with E-state index in [1.54, 1.807) is 20.8 Å². The molecule has 0 radical (unpaired) electrons. The van der Waals surface area contributed by atoms with Gasteiger partial charge in [0.1, 0.15) is 0 Å². The Bertz CT molecular complexity index is 121. The molecule has 0 aromatic rings. The summed E-state index contributed by atoms with van der Waals surface area (Å²) in [4.78, 5) is 0. The molecule has 0 bridgehead atoms. The third-order valence-electron chi connectivity index (χ3n) is 0.997. The van der Waals surface area contributed by atoms with Gasteiger partial charge in [0.05, 0.1) is 5.60 Å². The van der Waals surface area contributed by atoms with Crippen molar-refractivity contribution in [1.29, 1.82) is 0 Å². The van der Waals surface area contributed by atoms with Gasteiger partial charge in [0.2, 0.25) is 6.36 Å². The maximum atomic E-state index is 12.8. The SMILES string of the molecule is CC(C)(C)OC(F)C(C)(C)F. The van der Waals surface area contributed by atoms with Crippen molar-refractivity contribution in [2.75, 3.05) is 0 Å². The molecule has 68 valence electrons. The Hall–Kier alpha value is -0.180. The second-order valence-corrected chi connectivity index (χ2v) is 4.11. The molecule has 0 amide bonds. The van der Waals surface area contributed by atoms with Gasteiger partial charge in [-0.05, 0) is 34.6 Å². The lowest BCUT2D eigenvalue weighted by Crippen LogP contribution is -2.36. The van der Waals surface area contributed by atoms with Crippen LogP contribution in [0.25, 0.3) is 0 Å². The largest absolute Gasteiger partial charge is 0.340 e. The van der Waals surface area contributed by atoms with Gasteiger partial charge in [-0.25, -0.2) is 8.78 Å². The molecule has 0 aliphatic heterocycles. The van der Waals surface area contributed by atoms with Crippen molar-refractivity contribution in [2.45, 2.75) is 52.2 Å². The Balaban J connectivity index is 3.99. The first-order valence-corrected chi connectivity index (χ1v) is 3.64. The van der Waals surface area contributed by atoms with E-state index in [0.29, 0.717) is 0 Å². The van der Waals surface area contributed by atoms with Gasteiger partial charge in [-0.1, -0.05) is 0 Å². The van der Waals surface area contributed by atoms with Crippen molar-refractivity contribution in [3.63, 3.8) is 0 Å². The van der Waals surface area contributed by atoms with E-state index >= 15 is 0 Å². The van der Waals surface area contributed by atoms with Gasteiger partial charge in [0.15, 0.2) is 5.67 Å². The molecule has 0 aliphatic carbocycles. The molecule has 1 unspecified atom stereocenters. The summed E-state index contributed by atoms with van der Waals surface area (Å²) in [5.74, 6) is 0. The summed E-state index contributed by atoms with van der Waals surface area (Å²) >= 11 is 0. The van der Waals surface area contributed by atoms with Gasteiger partial charge in [0, 0.05) is 0 Å². The highest BCUT2D eigenvalue weighted by Crippen LogP contribution is 2.23. The van der Waals surface area contributed by atoms with Crippen LogP contribution in [-0.4, -0.2) is 17.6 Å². The predicted octanol–water partition coefficient (Wildman–Crippen LogP) is 2.85. The molecule has 0 aromatic carbocycles. The van der Waals surface area contributed by atoms with Crippen LogP contribution in [0.1, 0.15) is 34.6 Å². The smallest absolute Gasteiger partial charge is 0.233 e. The minimum Gasteiger partial charge on any atom is -0.340 e. The maximum absolute atomic E-state index is 12.8. The zero-order valence-corrected chi connectivity index (χ0v) is 7.74. The number of ether oxygens (including phenoxy) is 1. The molecule has 11 heavy (non-hydrogen) atoms. The van der Waals surface area contributed by atoms with E-state index in [9.17, 15) is 8.78 Å². The molecule has 1 nitrogen and oxygen atoms in total. The number of rotatable bonds is 2. The zero-order valence-electron chi connectivity index (χ0n) is 7.74. The first kappa shape index (κ1) is 10.8. The summed E-state index contributed by atoms with van der Waals surface area (Å²) < 4.78 is 30.4. The zero-order chi connectivity index (χ0) is 9.28. The number of hydrogen-bond donors (Lipinski definition) is 0. The third-order valence-corrected chi connectivity index (χ3v) is 0.997. The fraction of sp³-hybridized carbons (Fsp3) is 1.00. The fourth-order valence-electron chi connectivity index (χ4n) is 0.451. The molecular formula is C8H16F2O. The Morgan fingerprint density at radius 2 is 1.45 bits per heavy atom. The van der Waals surface area contributed by atoms with E-state index in [0.717, 1.165) is 13.8 Å². The summed E-state index contributed by atoms with van der Waals surface area (Å²) in [5, 5.41) is 0. The molecular weight excluding hydrogens is 150 g/mol. The number of hydrogen-bond acceptors (Lipinski definition) is 1. The second kappa shape index (κ2) is 3.05. The average Bonchev–Trinajstić information content (AvgIpc) is 1.56. The first-order chi connectivity index (χ1) is 4.63. The molecule has 0 spiro atoms. The van der Waals surface area contributed by atoms with Gasteiger partial charge in [-0.15, -0.1) is 0 Å². The Labute approximate surface area is 66.7 Å². The molecule has 3 heteroatoms. The maximum Gasteiger partial charge on any atom is 0.233 e. The van der Waals surface area contributed by atoms with Gasteiger partial charge in [0.25, 0.3) is 0 Å². The molecule has 0 heterocycles. The molecule has 0 saturated heterocycles. The van der Waals surface area contributed by atoms with Crippen LogP contribution < -0.4 is 0 Å². The van der Waals surface area contributed by atoms with Gasteiger partial charge >= 0.3 is 0 Å². The summed E-state index contributed by atoms with van der Waals surface area (Å²) in [5.41, 5.74) is -2.56. The Kier molecular flexibility index (Phi) is 3.00. The lowest BCUT2D eigenvalue weighted by Gasteiger charge is -2.27. The van der Waals surface area contributed by atoms with Crippen molar-refractivity contribution >= 4 is 0 Å². The molecule has 0 N–H and O–H groups in total. The van der Waals surface area contributed by atoms with Crippen molar-refractivity contribution in [1.82, 2.24) is 0 Å². The Morgan fingerprint density at radius 1 is 1.09 bits per heavy atom. The molecule has 0 rings (SSSR count). The van der Waals surface area contributed by atoms with E-state index < -0.39 is 17.6 Å². The number of halogens is 2. The van der Waals surface area contributed by atoms with Gasteiger partial charge in [-0.2, -0.15) is 0 Å². The van der Waals surface area contributed by atoms with Crippen molar-refractivity contribution < 1.29 is 13.5 Å². The van der Waals surface area contributed by atoms with Gasteiger partial charge < -0.3 is 4.74 Å². The Morgan fingerprint density at radius 3 is 1.55 bits per heavy atom. The van der Waals surface area contributed by atoms with Crippen LogP contribution in [0.4, 0.5) is 8.78 Å². The topological polar surface area (TPSA) is 9.23 Å². The molecule has 0 aromatic heterocycles. The molecule has 0 saturated carbocycles. The fourth-order valence-corrected chi connectivity index (χ4v) is 0.451. The van der Waals surface area contributed by atoms with Crippen LogP contribution in [0, 0.1) is 0 Å². The first-order valence-electron chi connectivity index (χ1n) is 3.64. The monoisotopic (exact) mass is 166 g/mol. The quantitative estimate of drug-likeness (QED) is 0.613. The molecule has 0 fully saturated rings. The highest BCUT2D eigenvalue weighted by atomic mass is 19.2. The molecule has 1 atom stereocenters. The van der Waals surface area contributed by atoms with Crippen LogP contribution in [0.2, 0.25) is 0 Å². The van der Waals surface area contributed by atoms with E-state index in [-0.39, 0.29) is 0 Å². The van der Waals surface area contributed by atoms with Crippen LogP contribution in [0.5, 0.6) is 0 Å². The van der Waals surface area contributed by atoms with Crippen LogP contribution >= 0.6 is 0 Å². The normalized spacial score (nSPS) is 16.6. The van der Waals surface area contributed by atoms with Crippen molar-refractivity contribution in [3.8, 4) is 0 Å². The van der Waals surface area contributed by atoms with Crippen molar-refractivity contribution in [3.05, 3.63) is 0 Å². The highest BCUT2D eigenvalue weighted by molar-refractivity contribution is 4.73. The summed E-state index contributed by atoms with van der Waals surface area (Å²) in [7, 11) is 0.